The smallest absolute Gasteiger partial charge is 0.393 e. The summed E-state index contributed by atoms with van der Waals surface area (Å²) in [6.07, 6.45) is -4.50. The Hall–Kier alpha value is -2.24. The van der Waals surface area contributed by atoms with E-state index in [0.717, 1.165) is 4.57 Å². The van der Waals surface area contributed by atoms with Crippen molar-refractivity contribution in [1.82, 2.24) is 9.55 Å². The number of fused-ring (bicyclic) bond motifs is 3. The minimum Gasteiger partial charge on any atom is -0.463 e. The second kappa shape index (κ2) is 4.13. The molecule has 1 aromatic rings. The zero-order valence-electron chi connectivity index (χ0n) is 9.75. The van der Waals surface area contributed by atoms with E-state index in [1.807, 2.05) is 0 Å². The largest absolute Gasteiger partial charge is 0.463 e. The fraction of sp³-hybridized carbons (Fsp3) is 0.556. The number of ether oxygens (including phenoxy) is 2. The summed E-state index contributed by atoms with van der Waals surface area (Å²) >= 11 is 0. The highest BCUT2D eigenvalue weighted by Gasteiger charge is 2.53. The summed E-state index contributed by atoms with van der Waals surface area (Å²) in [6, 6.07) is 0. The summed E-state index contributed by atoms with van der Waals surface area (Å²) in [5, 5.41) is 29.7. The maximum atomic E-state index is 11.7. The first-order chi connectivity index (χ1) is 9.45. The van der Waals surface area contributed by atoms with Crippen LogP contribution in [0.4, 0.5) is 5.69 Å². The van der Waals surface area contributed by atoms with E-state index in [0.29, 0.717) is 0 Å². The minimum absolute atomic E-state index is 0.507. The van der Waals surface area contributed by atoms with E-state index in [1.54, 1.807) is 4.98 Å². The molecule has 0 spiro atoms. The number of nitro groups is 1. The Labute approximate surface area is 109 Å². The Kier molecular flexibility index (Phi) is 2.64. The predicted octanol–water partition coefficient (Wildman–Crippen LogP) is -2.54. The van der Waals surface area contributed by atoms with Gasteiger partial charge >= 0.3 is 16.9 Å². The first-order valence-electron chi connectivity index (χ1n) is 5.60. The minimum atomic E-state index is -1.28. The molecule has 108 valence electrons. The van der Waals surface area contributed by atoms with Gasteiger partial charge in [0.05, 0.1) is 11.5 Å². The zero-order chi connectivity index (χ0) is 14.6. The monoisotopic (exact) mass is 287 g/mol. The lowest BCUT2D eigenvalue weighted by Crippen LogP contribution is -2.34. The molecule has 3 heterocycles. The molecule has 0 saturated carbocycles. The molecule has 2 aliphatic rings. The van der Waals surface area contributed by atoms with Crippen LogP contribution in [0.3, 0.4) is 0 Å². The standard InChI is InChI=1S/C9H9N3O8/c13-1-2-4(14)5-8(19-2)11-7(20-5)3(12(17)18)6(15)10-9(11)16/h2,4-5,8,13-14H,1H2,(H,10,15,16)/t2-,4-,5+,8-/m1/s1. The molecule has 11 heteroatoms. The van der Waals surface area contributed by atoms with E-state index < -0.39 is 58.9 Å². The molecule has 0 unspecified atom stereocenters. The van der Waals surface area contributed by atoms with Gasteiger partial charge in [-0.1, -0.05) is 0 Å². The third kappa shape index (κ3) is 1.51. The summed E-state index contributed by atoms with van der Waals surface area (Å²) in [6.45, 7) is -0.507. The van der Waals surface area contributed by atoms with E-state index >= 15 is 0 Å². The molecule has 0 aromatic carbocycles. The van der Waals surface area contributed by atoms with Crippen LogP contribution in [-0.2, 0) is 4.74 Å². The molecule has 3 N–H and O–H groups in total. The number of aliphatic hydroxyl groups is 2. The van der Waals surface area contributed by atoms with Crippen LogP contribution in [0, 0.1) is 10.1 Å². The molecular weight excluding hydrogens is 278 g/mol. The Morgan fingerprint density at radius 2 is 2.15 bits per heavy atom. The van der Waals surface area contributed by atoms with Crippen molar-refractivity contribution < 1.29 is 24.6 Å². The van der Waals surface area contributed by atoms with Crippen LogP contribution in [0.15, 0.2) is 9.59 Å². The van der Waals surface area contributed by atoms with Crippen molar-refractivity contribution in [2.75, 3.05) is 6.61 Å². The summed E-state index contributed by atoms with van der Waals surface area (Å²) in [7, 11) is 0. The van der Waals surface area contributed by atoms with Gasteiger partial charge in [-0.25, -0.2) is 9.36 Å². The van der Waals surface area contributed by atoms with Crippen LogP contribution in [0.5, 0.6) is 5.88 Å². The van der Waals surface area contributed by atoms with Crippen LogP contribution < -0.4 is 16.0 Å². The Morgan fingerprint density at radius 3 is 2.75 bits per heavy atom. The molecule has 0 aliphatic carbocycles. The molecule has 0 amide bonds. The maximum absolute atomic E-state index is 11.7. The predicted molar refractivity (Wildman–Crippen MR) is 59.4 cm³/mol. The second-order valence-electron chi connectivity index (χ2n) is 4.36. The van der Waals surface area contributed by atoms with Crippen LogP contribution in [0.25, 0.3) is 0 Å². The lowest BCUT2D eigenvalue weighted by atomic mass is 10.1. The summed E-state index contributed by atoms with van der Waals surface area (Å²) < 4.78 is 11.1. The van der Waals surface area contributed by atoms with Gasteiger partial charge in [0, 0.05) is 0 Å². The topological polar surface area (TPSA) is 157 Å². The SMILES string of the molecule is O=c1[nH]c(=O)n2c(c1[N+](=O)[O-])O[C@H]1[C@H](O)[C@@H](CO)O[C@H]12. The van der Waals surface area contributed by atoms with Crippen molar-refractivity contribution in [1.29, 1.82) is 0 Å². The van der Waals surface area contributed by atoms with Crippen molar-refractivity contribution in [3.63, 3.8) is 0 Å². The normalized spacial score (nSPS) is 30.7. The van der Waals surface area contributed by atoms with Crippen molar-refractivity contribution >= 4 is 5.69 Å². The average Bonchev–Trinajstić information content (AvgIpc) is 2.86. The number of rotatable bonds is 2. The first kappa shape index (κ1) is 12.8. The molecule has 1 aromatic heterocycles. The van der Waals surface area contributed by atoms with Crippen molar-refractivity contribution in [3.05, 3.63) is 31.0 Å². The van der Waals surface area contributed by atoms with Gasteiger partial charge in [0.2, 0.25) is 0 Å². The van der Waals surface area contributed by atoms with Gasteiger partial charge in [-0.3, -0.25) is 19.9 Å². The lowest BCUT2D eigenvalue weighted by Gasteiger charge is -2.14. The first-order valence-corrected chi connectivity index (χ1v) is 5.60. The average molecular weight is 287 g/mol. The molecule has 2 aliphatic heterocycles. The van der Waals surface area contributed by atoms with E-state index in [2.05, 4.69) is 0 Å². The van der Waals surface area contributed by atoms with E-state index in [1.165, 1.54) is 0 Å². The number of aliphatic hydroxyl groups excluding tert-OH is 2. The third-order valence-electron chi connectivity index (χ3n) is 3.25. The van der Waals surface area contributed by atoms with Gasteiger partial charge in [0.25, 0.3) is 5.88 Å². The van der Waals surface area contributed by atoms with Crippen LogP contribution in [0.2, 0.25) is 0 Å². The van der Waals surface area contributed by atoms with Crippen molar-refractivity contribution in [3.8, 4) is 5.88 Å². The number of aromatic amines is 1. The van der Waals surface area contributed by atoms with Crippen LogP contribution >= 0.6 is 0 Å². The summed E-state index contributed by atoms with van der Waals surface area (Å²) in [5.74, 6) is -0.561. The van der Waals surface area contributed by atoms with E-state index in [4.69, 9.17) is 14.6 Å². The molecule has 20 heavy (non-hydrogen) atoms. The summed E-state index contributed by atoms with van der Waals surface area (Å²) in [5.41, 5.74) is -3.08. The molecule has 3 rings (SSSR count). The molecule has 4 atom stereocenters. The molecule has 0 radical (unpaired) electrons. The van der Waals surface area contributed by atoms with E-state index in [9.17, 15) is 24.8 Å². The number of H-pyrrole nitrogens is 1. The van der Waals surface area contributed by atoms with Crippen LogP contribution in [-0.4, -0.2) is 49.6 Å². The number of nitrogens with zero attached hydrogens (tertiary/aromatic N) is 2. The Bertz CT molecular complexity index is 693. The van der Waals surface area contributed by atoms with Crippen LogP contribution in [0.1, 0.15) is 6.23 Å². The molecular formula is C9H9N3O8. The van der Waals surface area contributed by atoms with Gasteiger partial charge in [-0.2, -0.15) is 0 Å². The third-order valence-corrected chi connectivity index (χ3v) is 3.25. The Balaban J connectivity index is 2.18. The fourth-order valence-corrected chi connectivity index (χ4v) is 2.36. The van der Waals surface area contributed by atoms with Gasteiger partial charge in [0.15, 0.2) is 12.3 Å². The van der Waals surface area contributed by atoms with Crippen molar-refractivity contribution in [2.45, 2.75) is 24.5 Å². The highest BCUT2D eigenvalue weighted by atomic mass is 16.6. The quantitative estimate of drug-likeness (QED) is 0.396. The number of aromatic nitrogens is 2. The fourth-order valence-electron chi connectivity index (χ4n) is 2.36. The van der Waals surface area contributed by atoms with E-state index in [-0.39, 0.29) is 0 Å². The maximum Gasteiger partial charge on any atom is 0.393 e. The van der Waals surface area contributed by atoms with Gasteiger partial charge in [-0.15, -0.1) is 0 Å². The van der Waals surface area contributed by atoms with Crippen molar-refractivity contribution in [2.24, 2.45) is 0 Å². The Morgan fingerprint density at radius 1 is 1.45 bits per heavy atom. The highest BCUT2D eigenvalue weighted by molar-refractivity contribution is 5.41. The number of hydrogen-bond acceptors (Lipinski definition) is 8. The molecule has 0 bridgehead atoms. The van der Waals surface area contributed by atoms with Gasteiger partial charge < -0.3 is 19.7 Å². The lowest BCUT2D eigenvalue weighted by molar-refractivity contribution is -0.387. The van der Waals surface area contributed by atoms with Gasteiger partial charge in [-0.05, 0) is 0 Å². The number of hydrogen-bond donors (Lipinski definition) is 3. The molecule has 1 saturated heterocycles. The highest BCUT2D eigenvalue weighted by Crippen LogP contribution is 2.41. The zero-order valence-corrected chi connectivity index (χ0v) is 9.75. The number of nitrogens with one attached hydrogen (secondary N) is 1. The summed E-state index contributed by atoms with van der Waals surface area (Å²) in [4.78, 5) is 34.8. The van der Waals surface area contributed by atoms with Gasteiger partial charge in [0.1, 0.15) is 12.2 Å². The molecule has 11 nitrogen and oxygen atoms in total. The molecule has 1 fully saturated rings. The second-order valence-corrected chi connectivity index (χ2v) is 4.36.